The average molecular weight is 988 g/mol. The molecule has 0 amide bonds. The lowest BCUT2D eigenvalue weighted by Crippen LogP contribution is -2.28. The van der Waals surface area contributed by atoms with E-state index in [4.69, 9.17) is 9.47 Å². The van der Waals surface area contributed by atoms with Gasteiger partial charge in [0.25, 0.3) is 0 Å². The van der Waals surface area contributed by atoms with Crippen molar-refractivity contribution in [2.45, 2.75) is 213 Å². The highest BCUT2D eigenvalue weighted by molar-refractivity contribution is 5.70. The third kappa shape index (κ3) is 57.6. The van der Waals surface area contributed by atoms with Crippen LogP contribution in [0.15, 0.2) is 182 Å². The van der Waals surface area contributed by atoms with Crippen LogP contribution in [0, 0.1) is 0 Å². The van der Waals surface area contributed by atoms with Gasteiger partial charge in [-0.05, 0) is 135 Å². The first kappa shape index (κ1) is 67.0. The molecule has 0 aliphatic heterocycles. The van der Waals surface area contributed by atoms with Crippen molar-refractivity contribution in [3.05, 3.63) is 182 Å². The average Bonchev–Trinajstić information content (AvgIpc) is 3.38. The largest absolute Gasteiger partial charge is 0.462 e. The predicted octanol–water partition coefficient (Wildman–Crippen LogP) is 19.5. The lowest BCUT2D eigenvalue weighted by molar-refractivity contribution is -0.161. The van der Waals surface area contributed by atoms with Crippen LogP contribution >= 0.6 is 0 Å². The minimum absolute atomic E-state index is 0.0956. The number of allylic oxidation sites excluding steroid dienone is 30. The lowest BCUT2D eigenvalue weighted by Gasteiger charge is -2.15. The maximum Gasteiger partial charge on any atom is 0.306 e. The molecule has 5 nitrogen and oxygen atoms in total. The molecular weight excluding hydrogens is 885 g/mol. The molecule has 0 saturated carbocycles. The van der Waals surface area contributed by atoms with E-state index in [1.165, 1.54) is 25.7 Å². The maximum absolute atomic E-state index is 12.3. The Morgan fingerprint density at radius 3 is 0.833 bits per heavy atom. The van der Waals surface area contributed by atoms with Crippen molar-refractivity contribution in [2.24, 2.45) is 0 Å². The highest BCUT2D eigenvalue weighted by atomic mass is 16.6. The fourth-order valence-corrected chi connectivity index (χ4v) is 7.02. The van der Waals surface area contributed by atoms with E-state index in [9.17, 15) is 14.7 Å². The Bertz CT molecular complexity index is 1680. The van der Waals surface area contributed by atoms with Crippen molar-refractivity contribution in [3.63, 3.8) is 0 Å². The van der Waals surface area contributed by atoms with Crippen LogP contribution in [0.1, 0.15) is 206 Å². The summed E-state index contributed by atoms with van der Waals surface area (Å²) in [6, 6.07) is 0. The van der Waals surface area contributed by atoms with E-state index in [0.717, 1.165) is 154 Å². The van der Waals surface area contributed by atoms with Gasteiger partial charge in [-0.25, -0.2) is 0 Å². The van der Waals surface area contributed by atoms with Crippen LogP contribution in [0.25, 0.3) is 0 Å². The number of aliphatic hydroxyl groups is 1. The van der Waals surface area contributed by atoms with Crippen molar-refractivity contribution in [1.82, 2.24) is 0 Å². The van der Waals surface area contributed by atoms with Gasteiger partial charge in [0.05, 0.1) is 6.61 Å². The Morgan fingerprint density at radius 1 is 0.319 bits per heavy atom. The highest BCUT2D eigenvalue weighted by Crippen LogP contribution is 2.12. The first-order valence-corrected chi connectivity index (χ1v) is 28.3. The number of esters is 2. The van der Waals surface area contributed by atoms with E-state index in [0.29, 0.717) is 12.8 Å². The predicted molar refractivity (Wildman–Crippen MR) is 315 cm³/mol. The van der Waals surface area contributed by atoms with Gasteiger partial charge in [-0.15, -0.1) is 0 Å². The zero-order valence-corrected chi connectivity index (χ0v) is 45.6. The molecule has 72 heavy (non-hydrogen) atoms. The van der Waals surface area contributed by atoms with Crippen LogP contribution in [-0.2, 0) is 19.1 Å². The molecule has 1 unspecified atom stereocenters. The van der Waals surface area contributed by atoms with E-state index in [1.807, 2.05) is 0 Å². The molecule has 0 spiro atoms. The molecule has 1 atom stereocenters. The molecule has 0 fully saturated rings. The summed E-state index contributed by atoms with van der Waals surface area (Å²) in [5.74, 6) is -0.648. The molecule has 400 valence electrons. The molecule has 0 aromatic carbocycles. The van der Waals surface area contributed by atoms with Crippen molar-refractivity contribution in [1.29, 1.82) is 0 Å². The first-order chi connectivity index (χ1) is 35.6. The van der Waals surface area contributed by atoms with E-state index in [-0.39, 0.29) is 25.2 Å². The van der Waals surface area contributed by atoms with E-state index >= 15 is 0 Å². The number of ether oxygens (including phenoxy) is 2. The van der Waals surface area contributed by atoms with Crippen LogP contribution in [-0.4, -0.2) is 36.4 Å². The summed E-state index contributed by atoms with van der Waals surface area (Å²) in [5.41, 5.74) is 0. The Balaban J connectivity index is 3.69. The third-order valence-electron chi connectivity index (χ3n) is 11.2. The summed E-state index contributed by atoms with van der Waals surface area (Å²) < 4.78 is 10.7. The highest BCUT2D eigenvalue weighted by Gasteiger charge is 2.16. The summed E-state index contributed by atoms with van der Waals surface area (Å²) in [7, 11) is 0. The zero-order chi connectivity index (χ0) is 52.0. The molecule has 5 heteroatoms. The molecule has 0 saturated heterocycles. The standard InChI is InChI=1S/C67H102O5/c1-3-5-7-9-11-13-15-17-19-21-23-25-27-28-29-30-31-32-33-34-35-36-37-38-40-42-44-46-48-50-52-54-56-58-60-62-67(70)72-65(63-68)64-71-66(69)61-59-57-55-53-51-49-47-45-43-41-39-26-24-22-20-18-16-14-12-10-8-6-4-2/h5-8,11-14,17-20,23-26,28-29,31-32,34-35,37-38,41-44,48,50,65,68H,3-4,9-10,15-16,21-22,27,30,33,36,39-40,45-47,49,51-64H2,1-2H3/b7-5-,8-6-,13-11-,14-12-,19-17-,20-18-,25-23-,26-24-,29-28-,32-31-,35-34-,38-37-,43-41-,44-42-,50-48-. The molecular formula is C67H102O5. The van der Waals surface area contributed by atoms with Gasteiger partial charge in [-0.2, -0.15) is 0 Å². The van der Waals surface area contributed by atoms with Crippen LogP contribution in [0.5, 0.6) is 0 Å². The van der Waals surface area contributed by atoms with E-state index in [1.54, 1.807) is 0 Å². The van der Waals surface area contributed by atoms with Gasteiger partial charge in [0.1, 0.15) is 6.61 Å². The number of rotatable bonds is 49. The second-order valence-corrected chi connectivity index (χ2v) is 17.9. The van der Waals surface area contributed by atoms with Crippen LogP contribution in [0.4, 0.5) is 0 Å². The molecule has 0 aromatic rings. The van der Waals surface area contributed by atoms with Gasteiger partial charge in [-0.1, -0.05) is 241 Å². The molecule has 0 aliphatic carbocycles. The Labute approximate surface area is 442 Å². The molecule has 0 rings (SSSR count). The fourth-order valence-electron chi connectivity index (χ4n) is 7.02. The summed E-state index contributed by atoms with van der Waals surface area (Å²) in [5, 5.41) is 9.65. The summed E-state index contributed by atoms with van der Waals surface area (Å²) in [6.45, 7) is 3.87. The van der Waals surface area contributed by atoms with Gasteiger partial charge in [-0.3, -0.25) is 9.59 Å². The normalized spacial score (nSPS) is 13.7. The van der Waals surface area contributed by atoms with Crippen LogP contribution in [0.2, 0.25) is 0 Å². The molecule has 0 radical (unpaired) electrons. The minimum atomic E-state index is -0.807. The Morgan fingerprint density at radius 2 is 0.556 bits per heavy atom. The number of carbonyl (C=O) groups excluding carboxylic acids is 2. The number of carbonyl (C=O) groups is 2. The van der Waals surface area contributed by atoms with Gasteiger partial charge in [0.15, 0.2) is 6.10 Å². The monoisotopic (exact) mass is 987 g/mol. The lowest BCUT2D eigenvalue weighted by atomic mass is 10.1. The van der Waals surface area contributed by atoms with Crippen molar-refractivity contribution in [3.8, 4) is 0 Å². The molecule has 0 aliphatic rings. The minimum Gasteiger partial charge on any atom is -0.462 e. The molecule has 0 bridgehead atoms. The fraction of sp³-hybridized carbons (Fsp3) is 0.522. The maximum atomic E-state index is 12.3. The summed E-state index contributed by atoms with van der Waals surface area (Å²) in [4.78, 5) is 24.5. The van der Waals surface area contributed by atoms with Crippen LogP contribution in [0.3, 0.4) is 0 Å². The van der Waals surface area contributed by atoms with Crippen LogP contribution < -0.4 is 0 Å². The van der Waals surface area contributed by atoms with Gasteiger partial charge < -0.3 is 14.6 Å². The molecule has 0 heterocycles. The third-order valence-corrected chi connectivity index (χ3v) is 11.2. The Kier molecular flexibility index (Phi) is 56.1. The summed E-state index contributed by atoms with van der Waals surface area (Å²) >= 11 is 0. The van der Waals surface area contributed by atoms with E-state index < -0.39 is 6.10 Å². The van der Waals surface area contributed by atoms with Gasteiger partial charge >= 0.3 is 11.9 Å². The second kappa shape index (κ2) is 60.3. The van der Waals surface area contributed by atoms with Gasteiger partial charge in [0, 0.05) is 12.8 Å². The smallest absolute Gasteiger partial charge is 0.306 e. The van der Waals surface area contributed by atoms with Crippen molar-refractivity contribution < 1.29 is 24.2 Å². The van der Waals surface area contributed by atoms with Gasteiger partial charge in [0.2, 0.25) is 0 Å². The summed E-state index contributed by atoms with van der Waals surface area (Å²) in [6.07, 6.45) is 95.6. The topological polar surface area (TPSA) is 72.8 Å². The van der Waals surface area contributed by atoms with Crippen molar-refractivity contribution >= 4 is 11.9 Å². The number of hydrogen-bond acceptors (Lipinski definition) is 5. The second-order valence-electron chi connectivity index (χ2n) is 17.9. The molecule has 0 aromatic heterocycles. The molecule has 1 N–H and O–H groups in total. The zero-order valence-electron chi connectivity index (χ0n) is 45.6. The number of hydrogen-bond donors (Lipinski definition) is 1. The van der Waals surface area contributed by atoms with E-state index in [2.05, 4.69) is 196 Å². The Hall–Kier alpha value is -5.00. The van der Waals surface area contributed by atoms with Crippen molar-refractivity contribution in [2.75, 3.05) is 13.2 Å². The SMILES string of the molecule is CC/C=C\C/C=C\C/C=C\C/C=C\C/C=C\C/C=C\C/C=C\C/C=C\C/C=C\C/C=C\CCCCCCC(=O)OC(CO)COC(=O)CCCCCCCCC/C=C\C/C=C\C/C=C\C/C=C\C/C=C\CC. The number of aliphatic hydroxyl groups excluding tert-OH is 1. The number of unbranched alkanes of at least 4 members (excludes halogenated alkanes) is 11. The quantitative estimate of drug-likeness (QED) is 0.0374. The first-order valence-electron chi connectivity index (χ1n) is 28.3.